The average molecular weight is 387 g/mol. The molecule has 4 heteroatoms. The topological polar surface area (TPSA) is 46.6 Å². The van der Waals surface area contributed by atoms with Crippen LogP contribution in [0.1, 0.15) is 16.7 Å². The van der Waals surface area contributed by atoms with Crippen molar-refractivity contribution in [2.45, 2.75) is 25.6 Å². The highest BCUT2D eigenvalue weighted by Gasteiger charge is 2.32. The Bertz CT molecular complexity index is 869. The summed E-state index contributed by atoms with van der Waals surface area (Å²) in [4.78, 5) is 27.2. The molecule has 1 unspecified atom stereocenters. The van der Waals surface area contributed by atoms with Crippen molar-refractivity contribution in [3.8, 4) is 0 Å². The molecular weight excluding hydrogens is 362 g/mol. The van der Waals surface area contributed by atoms with Gasteiger partial charge in [0.15, 0.2) is 0 Å². The lowest BCUT2D eigenvalue weighted by molar-refractivity contribution is -0.154. The minimum atomic E-state index is -0.808. The number of esters is 1. The van der Waals surface area contributed by atoms with Gasteiger partial charge in [0.2, 0.25) is 0 Å². The largest absolute Gasteiger partial charge is 0.463 e. The Morgan fingerprint density at radius 3 is 1.55 bits per heavy atom. The summed E-state index contributed by atoms with van der Waals surface area (Å²) in [6.45, 7) is 1.10. The molecule has 0 aliphatic heterocycles. The molecule has 3 aromatic carbocycles. The minimum absolute atomic E-state index is 0.439. The van der Waals surface area contributed by atoms with E-state index >= 15 is 0 Å². The molecule has 0 amide bonds. The standard InChI is InChI=1S/C25H25NO3/c1-29-25(28)24(27)23(17-20-11-5-2-6-12-20)26(18-21-13-7-3-8-14-21)19-22-15-9-4-10-16-22/h2-16,23H,17-19H2,1H3. The average Bonchev–Trinajstić information content (AvgIpc) is 2.78. The molecule has 0 spiro atoms. The van der Waals surface area contributed by atoms with Gasteiger partial charge >= 0.3 is 5.97 Å². The number of benzene rings is 3. The van der Waals surface area contributed by atoms with Crippen molar-refractivity contribution in [1.29, 1.82) is 0 Å². The van der Waals surface area contributed by atoms with Crippen LogP contribution in [-0.4, -0.2) is 29.8 Å². The van der Waals surface area contributed by atoms with Gasteiger partial charge in [-0.1, -0.05) is 91.0 Å². The predicted molar refractivity (Wildman–Crippen MR) is 113 cm³/mol. The number of carbonyl (C=O) groups is 2. The summed E-state index contributed by atoms with van der Waals surface area (Å²) in [5.41, 5.74) is 3.17. The molecule has 0 saturated heterocycles. The summed E-state index contributed by atoms with van der Waals surface area (Å²) in [6.07, 6.45) is 0.439. The van der Waals surface area contributed by atoms with Crippen LogP contribution in [0, 0.1) is 0 Å². The minimum Gasteiger partial charge on any atom is -0.463 e. The van der Waals surface area contributed by atoms with Crippen LogP contribution in [-0.2, 0) is 33.8 Å². The maximum atomic E-state index is 13.0. The number of nitrogens with zero attached hydrogens (tertiary/aromatic N) is 1. The van der Waals surface area contributed by atoms with E-state index in [1.54, 1.807) is 0 Å². The molecule has 29 heavy (non-hydrogen) atoms. The lowest BCUT2D eigenvalue weighted by atomic mass is 9.99. The Morgan fingerprint density at radius 1 is 0.724 bits per heavy atom. The zero-order chi connectivity index (χ0) is 20.5. The van der Waals surface area contributed by atoms with E-state index in [9.17, 15) is 9.59 Å². The van der Waals surface area contributed by atoms with Gasteiger partial charge in [0, 0.05) is 13.1 Å². The van der Waals surface area contributed by atoms with Crippen molar-refractivity contribution >= 4 is 11.8 Å². The Kier molecular flexibility index (Phi) is 7.31. The summed E-state index contributed by atoms with van der Waals surface area (Å²) >= 11 is 0. The Hall–Kier alpha value is -3.24. The second-order valence-electron chi connectivity index (χ2n) is 6.94. The van der Waals surface area contributed by atoms with Gasteiger partial charge in [0.05, 0.1) is 13.2 Å². The van der Waals surface area contributed by atoms with Crippen molar-refractivity contribution in [1.82, 2.24) is 4.90 Å². The molecule has 0 bridgehead atoms. The highest BCUT2D eigenvalue weighted by Crippen LogP contribution is 2.18. The van der Waals surface area contributed by atoms with Gasteiger partial charge in [0.1, 0.15) is 0 Å². The lowest BCUT2D eigenvalue weighted by Gasteiger charge is -2.30. The number of ether oxygens (including phenoxy) is 1. The van der Waals surface area contributed by atoms with E-state index in [2.05, 4.69) is 4.90 Å². The van der Waals surface area contributed by atoms with Crippen LogP contribution in [0.4, 0.5) is 0 Å². The first-order valence-electron chi connectivity index (χ1n) is 9.65. The Balaban J connectivity index is 1.95. The highest BCUT2D eigenvalue weighted by molar-refractivity contribution is 6.35. The number of hydrogen-bond donors (Lipinski definition) is 0. The molecule has 0 aliphatic carbocycles. The number of methoxy groups -OCH3 is 1. The number of Topliss-reactive ketones (excluding diaryl/α,β-unsaturated/α-hetero) is 1. The summed E-state index contributed by atoms with van der Waals surface area (Å²) < 4.78 is 4.77. The molecule has 0 aliphatic rings. The maximum Gasteiger partial charge on any atom is 0.376 e. The molecule has 4 nitrogen and oxygen atoms in total. The molecule has 0 fully saturated rings. The van der Waals surface area contributed by atoms with Gasteiger partial charge in [-0.25, -0.2) is 4.79 Å². The SMILES string of the molecule is COC(=O)C(=O)C(Cc1ccccc1)N(Cc1ccccc1)Cc1ccccc1. The summed E-state index contributed by atoms with van der Waals surface area (Å²) in [6, 6.07) is 29.1. The molecule has 0 saturated carbocycles. The van der Waals surface area contributed by atoms with E-state index in [1.807, 2.05) is 91.0 Å². The Morgan fingerprint density at radius 2 is 1.14 bits per heavy atom. The fourth-order valence-electron chi connectivity index (χ4n) is 3.37. The van der Waals surface area contributed by atoms with Gasteiger partial charge < -0.3 is 4.74 Å². The van der Waals surface area contributed by atoms with E-state index in [1.165, 1.54) is 7.11 Å². The van der Waals surface area contributed by atoms with E-state index < -0.39 is 17.8 Å². The number of ketones is 1. The van der Waals surface area contributed by atoms with Gasteiger partial charge in [-0.05, 0) is 23.1 Å². The first-order valence-corrected chi connectivity index (χ1v) is 9.65. The molecule has 0 radical (unpaired) electrons. The number of rotatable bonds is 9. The van der Waals surface area contributed by atoms with Gasteiger partial charge in [-0.3, -0.25) is 9.69 Å². The van der Waals surface area contributed by atoms with Crippen LogP contribution in [0.25, 0.3) is 0 Å². The summed E-state index contributed by atoms with van der Waals surface area (Å²) in [5, 5.41) is 0. The highest BCUT2D eigenvalue weighted by atomic mass is 16.5. The van der Waals surface area contributed by atoms with Gasteiger partial charge in [-0.15, -0.1) is 0 Å². The van der Waals surface area contributed by atoms with Gasteiger partial charge in [0.25, 0.3) is 5.78 Å². The zero-order valence-electron chi connectivity index (χ0n) is 16.5. The van der Waals surface area contributed by atoms with Crippen molar-refractivity contribution in [2.24, 2.45) is 0 Å². The van der Waals surface area contributed by atoms with Crippen molar-refractivity contribution < 1.29 is 14.3 Å². The first-order chi connectivity index (χ1) is 14.2. The van der Waals surface area contributed by atoms with Crippen LogP contribution < -0.4 is 0 Å². The molecular formula is C25H25NO3. The van der Waals surface area contributed by atoms with Crippen LogP contribution >= 0.6 is 0 Å². The smallest absolute Gasteiger partial charge is 0.376 e. The third-order valence-electron chi connectivity index (χ3n) is 4.86. The van der Waals surface area contributed by atoms with Crippen LogP contribution in [0.15, 0.2) is 91.0 Å². The second-order valence-corrected chi connectivity index (χ2v) is 6.94. The third kappa shape index (κ3) is 5.87. The fourth-order valence-corrected chi connectivity index (χ4v) is 3.37. The number of hydrogen-bond acceptors (Lipinski definition) is 4. The van der Waals surface area contributed by atoms with Crippen molar-refractivity contribution in [3.05, 3.63) is 108 Å². The molecule has 0 heterocycles. The molecule has 1 atom stereocenters. The molecule has 0 aromatic heterocycles. The predicted octanol–water partition coefficient (Wildman–Crippen LogP) is 4.04. The summed E-state index contributed by atoms with van der Waals surface area (Å²) in [7, 11) is 1.25. The summed E-state index contributed by atoms with van der Waals surface area (Å²) in [5.74, 6) is -1.33. The van der Waals surface area contributed by atoms with Crippen LogP contribution in [0.2, 0.25) is 0 Å². The van der Waals surface area contributed by atoms with Crippen LogP contribution in [0.5, 0.6) is 0 Å². The molecule has 148 valence electrons. The lowest BCUT2D eigenvalue weighted by Crippen LogP contribution is -2.45. The Labute approximate surface area is 171 Å². The number of carbonyl (C=O) groups excluding carboxylic acids is 2. The maximum absolute atomic E-state index is 13.0. The van der Waals surface area contributed by atoms with E-state index in [0.717, 1.165) is 16.7 Å². The van der Waals surface area contributed by atoms with Crippen molar-refractivity contribution in [3.63, 3.8) is 0 Å². The molecule has 3 aromatic rings. The molecule has 0 N–H and O–H groups in total. The zero-order valence-corrected chi connectivity index (χ0v) is 16.5. The quantitative estimate of drug-likeness (QED) is 0.411. The second kappa shape index (κ2) is 10.3. The van der Waals surface area contributed by atoms with Gasteiger partial charge in [-0.2, -0.15) is 0 Å². The fraction of sp³-hybridized carbons (Fsp3) is 0.200. The van der Waals surface area contributed by atoms with Crippen molar-refractivity contribution in [2.75, 3.05) is 7.11 Å². The first kappa shape index (κ1) is 20.5. The van der Waals surface area contributed by atoms with E-state index in [4.69, 9.17) is 4.74 Å². The third-order valence-corrected chi connectivity index (χ3v) is 4.86. The monoisotopic (exact) mass is 387 g/mol. The molecule has 3 rings (SSSR count). The normalized spacial score (nSPS) is 11.8. The van der Waals surface area contributed by atoms with Crippen LogP contribution in [0.3, 0.4) is 0 Å². The van der Waals surface area contributed by atoms with E-state index in [-0.39, 0.29) is 0 Å². The van der Waals surface area contributed by atoms with E-state index in [0.29, 0.717) is 19.5 Å².